The molecule has 2 N–H and O–H groups in total. The van der Waals surface area contributed by atoms with Gasteiger partial charge in [0.25, 0.3) is 0 Å². The van der Waals surface area contributed by atoms with E-state index in [1.807, 2.05) is 29.2 Å². The molecule has 0 atom stereocenters. The van der Waals surface area contributed by atoms with Crippen LogP contribution in [0.4, 0.5) is 10.1 Å². The number of carbonyl (C=O) groups excluding carboxylic acids is 1. The highest BCUT2D eigenvalue weighted by molar-refractivity contribution is 5.79. The molecule has 0 unspecified atom stereocenters. The summed E-state index contributed by atoms with van der Waals surface area (Å²) in [5, 5.41) is 0. The van der Waals surface area contributed by atoms with E-state index in [4.69, 9.17) is 5.73 Å². The fourth-order valence-electron chi connectivity index (χ4n) is 2.62. The van der Waals surface area contributed by atoms with E-state index in [1.54, 1.807) is 12.1 Å². The second-order valence-electron chi connectivity index (χ2n) is 5.80. The third-order valence-corrected chi connectivity index (χ3v) is 3.86. The fourth-order valence-corrected chi connectivity index (χ4v) is 2.62. The second kappa shape index (κ2) is 6.18. The number of nitrogen functional groups attached to an aromatic ring is 1. The van der Waals surface area contributed by atoms with Crippen LogP contribution in [-0.2, 0) is 17.8 Å². The van der Waals surface area contributed by atoms with Crippen LogP contribution < -0.4 is 5.73 Å². The van der Waals surface area contributed by atoms with Gasteiger partial charge in [0, 0.05) is 18.3 Å². The smallest absolute Gasteiger partial charge is 0.227 e. The third kappa shape index (κ3) is 3.64. The lowest BCUT2D eigenvalue weighted by Crippen LogP contribution is -2.33. The zero-order chi connectivity index (χ0) is 15.5. The van der Waals surface area contributed by atoms with Gasteiger partial charge in [-0.25, -0.2) is 4.39 Å². The molecular formula is C18H19FN2O. The van der Waals surface area contributed by atoms with E-state index < -0.39 is 0 Å². The normalized spacial score (nSPS) is 13.9. The lowest BCUT2D eigenvalue weighted by molar-refractivity contribution is -0.131. The van der Waals surface area contributed by atoms with E-state index in [9.17, 15) is 9.18 Å². The first-order valence-corrected chi connectivity index (χ1v) is 7.50. The molecule has 0 aromatic heterocycles. The number of carbonyl (C=O) groups is 1. The van der Waals surface area contributed by atoms with Crippen molar-refractivity contribution in [3.05, 3.63) is 65.5 Å². The number of amides is 1. The number of rotatable bonds is 5. The predicted octanol–water partition coefficient (Wildman–Crippen LogP) is 3.14. The summed E-state index contributed by atoms with van der Waals surface area (Å²) in [6.45, 7) is 0.462. The highest BCUT2D eigenvalue weighted by atomic mass is 19.1. The Morgan fingerprint density at radius 3 is 2.55 bits per heavy atom. The first-order valence-electron chi connectivity index (χ1n) is 7.50. The van der Waals surface area contributed by atoms with E-state index >= 15 is 0 Å². The summed E-state index contributed by atoms with van der Waals surface area (Å²) >= 11 is 0. The molecule has 1 amide bonds. The largest absolute Gasteiger partial charge is 0.399 e. The minimum atomic E-state index is -0.267. The van der Waals surface area contributed by atoms with Crippen LogP contribution in [0.15, 0.2) is 48.5 Å². The van der Waals surface area contributed by atoms with Crippen LogP contribution >= 0.6 is 0 Å². The molecule has 1 aliphatic rings. The maximum Gasteiger partial charge on any atom is 0.227 e. The average molecular weight is 298 g/mol. The molecule has 3 nitrogen and oxygen atoms in total. The Morgan fingerprint density at radius 1 is 1.14 bits per heavy atom. The molecule has 1 saturated carbocycles. The molecule has 0 saturated heterocycles. The predicted molar refractivity (Wildman–Crippen MR) is 84.5 cm³/mol. The molecule has 1 aliphatic carbocycles. The van der Waals surface area contributed by atoms with Crippen molar-refractivity contribution in [3.63, 3.8) is 0 Å². The van der Waals surface area contributed by atoms with Gasteiger partial charge in [-0.2, -0.15) is 0 Å². The molecule has 0 aliphatic heterocycles. The van der Waals surface area contributed by atoms with Crippen molar-refractivity contribution in [2.45, 2.75) is 31.8 Å². The first kappa shape index (κ1) is 14.6. The van der Waals surface area contributed by atoms with Crippen molar-refractivity contribution < 1.29 is 9.18 Å². The summed E-state index contributed by atoms with van der Waals surface area (Å²) in [6.07, 6.45) is 2.38. The molecule has 2 aromatic rings. The molecule has 0 spiro atoms. The molecule has 22 heavy (non-hydrogen) atoms. The van der Waals surface area contributed by atoms with Crippen LogP contribution in [0.5, 0.6) is 0 Å². The summed E-state index contributed by atoms with van der Waals surface area (Å²) in [7, 11) is 0. The van der Waals surface area contributed by atoms with Crippen LogP contribution in [0.3, 0.4) is 0 Å². The van der Waals surface area contributed by atoms with Gasteiger partial charge in [-0.3, -0.25) is 4.79 Å². The van der Waals surface area contributed by atoms with E-state index in [0.717, 1.165) is 24.0 Å². The number of hydrogen-bond acceptors (Lipinski definition) is 2. The maximum atomic E-state index is 13.3. The van der Waals surface area contributed by atoms with E-state index in [0.29, 0.717) is 18.7 Å². The highest BCUT2D eigenvalue weighted by Gasteiger charge is 2.32. The Morgan fingerprint density at radius 2 is 1.86 bits per heavy atom. The molecule has 3 rings (SSSR count). The Hall–Kier alpha value is -2.36. The second-order valence-corrected chi connectivity index (χ2v) is 5.80. The van der Waals surface area contributed by atoms with Crippen molar-refractivity contribution in [1.29, 1.82) is 0 Å². The molecule has 0 heterocycles. The zero-order valence-corrected chi connectivity index (χ0v) is 12.3. The lowest BCUT2D eigenvalue weighted by atomic mass is 10.1. The van der Waals surface area contributed by atoms with Crippen molar-refractivity contribution in [2.75, 3.05) is 5.73 Å². The van der Waals surface area contributed by atoms with Crippen LogP contribution in [0.1, 0.15) is 24.0 Å². The van der Waals surface area contributed by atoms with Gasteiger partial charge in [0.05, 0.1) is 6.42 Å². The topological polar surface area (TPSA) is 46.3 Å². The summed E-state index contributed by atoms with van der Waals surface area (Å²) in [6, 6.07) is 14.1. The third-order valence-electron chi connectivity index (χ3n) is 3.86. The molecule has 0 bridgehead atoms. The Bertz CT molecular complexity index is 682. The quantitative estimate of drug-likeness (QED) is 0.862. The fraction of sp³-hybridized carbons (Fsp3) is 0.278. The van der Waals surface area contributed by atoms with E-state index in [2.05, 4.69) is 0 Å². The van der Waals surface area contributed by atoms with Crippen molar-refractivity contribution in [2.24, 2.45) is 0 Å². The average Bonchev–Trinajstić information content (AvgIpc) is 3.29. The van der Waals surface area contributed by atoms with Gasteiger partial charge in [0.15, 0.2) is 0 Å². The summed E-state index contributed by atoms with van der Waals surface area (Å²) in [4.78, 5) is 14.4. The standard InChI is InChI=1S/C18H19FN2O/c19-15-5-1-4-14(9-15)12-21(17-7-8-17)18(22)11-13-3-2-6-16(20)10-13/h1-6,9-10,17H,7-8,11-12,20H2. The Balaban J connectivity index is 1.72. The molecule has 114 valence electrons. The van der Waals surface area contributed by atoms with Crippen LogP contribution in [0, 0.1) is 5.82 Å². The number of hydrogen-bond donors (Lipinski definition) is 1. The number of benzene rings is 2. The van der Waals surface area contributed by atoms with Crippen molar-refractivity contribution in [1.82, 2.24) is 4.90 Å². The van der Waals surface area contributed by atoms with E-state index in [-0.39, 0.29) is 17.8 Å². The number of anilines is 1. The minimum Gasteiger partial charge on any atom is -0.399 e. The number of nitrogens with two attached hydrogens (primary N) is 1. The lowest BCUT2D eigenvalue weighted by Gasteiger charge is -2.23. The Kier molecular flexibility index (Phi) is 4.09. The van der Waals surface area contributed by atoms with Gasteiger partial charge in [0.2, 0.25) is 5.91 Å². The van der Waals surface area contributed by atoms with Gasteiger partial charge in [0.1, 0.15) is 5.82 Å². The zero-order valence-electron chi connectivity index (χ0n) is 12.3. The van der Waals surface area contributed by atoms with E-state index in [1.165, 1.54) is 12.1 Å². The minimum absolute atomic E-state index is 0.0670. The first-order chi connectivity index (χ1) is 10.6. The maximum absolute atomic E-state index is 13.3. The molecule has 4 heteroatoms. The molecule has 0 radical (unpaired) electrons. The van der Waals surface area contributed by atoms with Gasteiger partial charge in [-0.1, -0.05) is 24.3 Å². The van der Waals surface area contributed by atoms with Gasteiger partial charge in [-0.15, -0.1) is 0 Å². The molecular weight excluding hydrogens is 279 g/mol. The summed E-state index contributed by atoms with van der Waals surface area (Å²) in [5.74, 6) is -0.200. The van der Waals surface area contributed by atoms with Crippen LogP contribution in [0.25, 0.3) is 0 Å². The monoisotopic (exact) mass is 298 g/mol. The van der Waals surface area contributed by atoms with Crippen molar-refractivity contribution in [3.8, 4) is 0 Å². The summed E-state index contributed by atoms with van der Waals surface area (Å²) < 4.78 is 13.3. The number of nitrogens with zero attached hydrogens (tertiary/aromatic N) is 1. The highest BCUT2D eigenvalue weighted by Crippen LogP contribution is 2.29. The molecule has 1 fully saturated rings. The number of halogens is 1. The summed E-state index contributed by atoms with van der Waals surface area (Å²) in [5.41, 5.74) is 8.16. The molecule has 2 aromatic carbocycles. The van der Waals surface area contributed by atoms with Gasteiger partial charge >= 0.3 is 0 Å². The van der Waals surface area contributed by atoms with Gasteiger partial charge < -0.3 is 10.6 Å². The SMILES string of the molecule is Nc1cccc(CC(=O)N(Cc2cccc(F)c2)C2CC2)c1. The van der Waals surface area contributed by atoms with Gasteiger partial charge in [-0.05, 0) is 48.2 Å². The van der Waals surface area contributed by atoms with Crippen LogP contribution in [0.2, 0.25) is 0 Å². The Labute approximate surface area is 129 Å². The van der Waals surface area contributed by atoms with Crippen LogP contribution in [-0.4, -0.2) is 16.8 Å². The van der Waals surface area contributed by atoms with Crippen molar-refractivity contribution >= 4 is 11.6 Å².